The van der Waals surface area contributed by atoms with Crippen molar-refractivity contribution in [3.63, 3.8) is 0 Å². The molecule has 0 radical (unpaired) electrons. The van der Waals surface area contributed by atoms with Crippen LogP contribution in [-0.4, -0.2) is 21.0 Å². The number of Topliss-reactive ketones (excluding diaryl/α,β-unsaturated/α-hetero) is 1. The Morgan fingerprint density at radius 3 is 2.08 bits per heavy atom. The van der Waals surface area contributed by atoms with E-state index in [9.17, 15) is 9.59 Å². The van der Waals surface area contributed by atoms with Crippen LogP contribution in [0, 0.1) is 0 Å². The molecular formula is C7H5ClN2O2. The largest absolute Gasteiger partial charge is 0.293 e. The van der Waals surface area contributed by atoms with Crippen LogP contribution in [0.3, 0.4) is 0 Å². The van der Waals surface area contributed by atoms with E-state index in [0.717, 1.165) is 0 Å². The lowest BCUT2D eigenvalue weighted by atomic mass is 10.2. The molecule has 1 aromatic rings. The van der Waals surface area contributed by atoms with E-state index in [1.165, 1.54) is 19.3 Å². The van der Waals surface area contributed by atoms with Crippen molar-refractivity contribution in [3.05, 3.63) is 23.8 Å². The molecule has 0 aliphatic carbocycles. The van der Waals surface area contributed by atoms with Gasteiger partial charge in [0, 0.05) is 19.3 Å². The van der Waals surface area contributed by atoms with Crippen molar-refractivity contribution in [2.24, 2.45) is 0 Å². The number of hydrogen-bond acceptors (Lipinski definition) is 4. The third kappa shape index (κ3) is 1.65. The van der Waals surface area contributed by atoms with E-state index in [1.807, 2.05) is 0 Å². The maximum absolute atomic E-state index is 10.9. The Kier molecular flexibility index (Phi) is 2.50. The minimum Gasteiger partial charge on any atom is -0.293 e. The molecule has 1 rings (SSSR count). The van der Waals surface area contributed by atoms with Crippen LogP contribution in [0.2, 0.25) is 0 Å². The van der Waals surface area contributed by atoms with Gasteiger partial charge in [0.05, 0.1) is 0 Å². The van der Waals surface area contributed by atoms with Crippen LogP contribution >= 0.6 is 11.6 Å². The molecule has 0 N–H and O–H groups in total. The monoisotopic (exact) mass is 184 g/mol. The Hall–Kier alpha value is -1.29. The van der Waals surface area contributed by atoms with Gasteiger partial charge < -0.3 is 0 Å². The summed E-state index contributed by atoms with van der Waals surface area (Å²) in [6, 6.07) is 0. The van der Waals surface area contributed by atoms with Gasteiger partial charge in [0.25, 0.3) is 5.24 Å². The van der Waals surface area contributed by atoms with Crippen molar-refractivity contribution in [2.75, 3.05) is 0 Å². The number of carbonyl (C=O) groups is 2. The Balaban J connectivity index is 3.27. The third-order valence-electron chi connectivity index (χ3n) is 1.22. The second kappa shape index (κ2) is 3.40. The second-order valence-electron chi connectivity index (χ2n) is 2.08. The van der Waals surface area contributed by atoms with Gasteiger partial charge in [0.2, 0.25) is 0 Å². The van der Waals surface area contributed by atoms with Gasteiger partial charge in [-0.05, 0) is 11.6 Å². The van der Waals surface area contributed by atoms with Crippen molar-refractivity contribution in [2.45, 2.75) is 6.92 Å². The predicted octanol–water partition coefficient (Wildman–Crippen LogP) is 1.06. The standard InChI is InChI=1S/C7H5ClN2O2/c1-4(11)5-6(7(8)12)10-3-2-9-5/h2-3H,1H3. The van der Waals surface area contributed by atoms with E-state index < -0.39 is 5.24 Å². The first kappa shape index (κ1) is 8.80. The molecule has 0 spiro atoms. The lowest BCUT2D eigenvalue weighted by Crippen LogP contribution is -2.07. The number of hydrogen-bond donors (Lipinski definition) is 0. The van der Waals surface area contributed by atoms with Crippen LogP contribution in [0.1, 0.15) is 27.9 Å². The van der Waals surface area contributed by atoms with Gasteiger partial charge in [-0.1, -0.05) is 0 Å². The number of rotatable bonds is 2. The molecule has 1 aromatic heterocycles. The first-order chi connectivity index (χ1) is 5.63. The summed E-state index contributed by atoms with van der Waals surface area (Å²) in [5, 5.41) is -0.770. The second-order valence-corrected chi connectivity index (χ2v) is 2.43. The van der Waals surface area contributed by atoms with Crippen LogP contribution in [0.25, 0.3) is 0 Å². The quantitative estimate of drug-likeness (QED) is 0.509. The summed E-state index contributed by atoms with van der Waals surface area (Å²) in [5.41, 5.74) is -0.0795. The number of nitrogens with zero attached hydrogens (tertiary/aromatic N) is 2. The molecule has 0 aromatic carbocycles. The van der Waals surface area contributed by atoms with E-state index in [2.05, 4.69) is 9.97 Å². The smallest absolute Gasteiger partial charge is 0.273 e. The van der Waals surface area contributed by atoms with Gasteiger partial charge in [-0.2, -0.15) is 0 Å². The number of aromatic nitrogens is 2. The number of halogens is 1. The molecule has 0 aliphatic heterocycles. The van der Waals surface area contributed by atoms with Crippen molar-refractivity contribution in [1.29, 1.82) is 0 Å². The molecule has 4 nitrogen and oxygen atoms in total. The molecule has 0 amide bonds. The van der Waals surface area contributed by atoms with Crippen molar-refractivity contribution >= 4 is 22.6 Å². The fourth-order valence-corrected chi connectivity index (χ4v) is 0.878. The lowest BCUT2D eigenvalue weighted by molar-refractivity contribution is 0.0994. The topological polar surface area (TPSA) is 59.9 Å². The van der Waals surface area contributed by atoms with Crippen LogP contribution in [0.15, 0.2) is 12.4 Å². The molecule has 0 fully saturated rings. The molecule has 62 valence electrons. The van der Waals surface area contributed by atoms with Gasteiger partial charge in [0.1, 0.15) is 5.69 Å². The fourth-order valence-electron chi connectivity index (χ4n) is 0.740. The van der Waals surface area contributed by atoms with Crippen LogP contribution in [0.4, 0.5) is 0 Å². The van der Waals surface area contributed by atoms with Crippen molar-refractivity contribution < 1.29 is 9.59 Å². The first-order valence-electron chi connectivity index (χ1n) is 3.14. The van der Waals surface area contributed by atoms with Gasteiger partial charge >= 0.3 is 0 Å². The molecule has 0 saturated heterocycles. The summed E-state index contributed by atoms with van der Waals surface area (Å²) in [6.07, 6.45) is 2.64. The molecule has 0 atom stereocenters. The highest BCUT2D eigenvalue weighted by Gasteiger charge is 2.14. The minimum atomic E-state index is -0.770. The Bertz CT molecular complexity index is 305. The van der Waals surface area contributed by atoms with Gasteiger partial charge in [-0.15, -0.1) is 0 Å². The van der Waals surface area contributed by atoms with Crippen LogP contribution in [-0.2, 0) is 0 Å². The summed E-state index contributed by atoms with van der Waals surface area (Å²) in [4.78, 5) is 28.9. The molecule has 0 saturated carbocycles. The number of carbonyl (C=O) groups excluding carboxylic acids is 2. The highest BCUT2D eigenvalue weighted by atomic mass is 35.5. The molecule has 0 bridgehead atoms. The summed E-state index contributed by atoms with van der Waals surface area (Å²) in [6.45, 7) is 1.30. The summed E-state index contributed by atoms with van der Waals surface area (Å²) < 4.78 is 0. The maximum Gasteiger partial charge on any atom is 0.273 e. The van der Waals surface area contributed by atoms with E-state index in [-0.39, 0.29) is 17.2 Å². The molecule has 0 unspecified atom stereocenters. The predicted molar refractivity (Wildman–Crippen MR) is 42.2 cm³/mol. The normalized spacial score (nSPS) is 9.50. The third-order valence-corrected chi connectivity index (χ3v) is 1.40. The Labute approximate surface area is 73.6 Å². The molecule has 0 aliphatic rings. The molecule has 5 heteroatoms. The van der Waals surface area contributed by atoms with Gasteiger partial charge in [-0.3, -0.25) is 9.59 Å². The highest BCUT2D eigenvalue weighted by molar-refractivity contribution is 6.67. The first-order valence-corrected chi connectivity index (χ1v) is 3.52. The summed E-state index contributed by atoms with van der Waals surface area (Å²) >= 11 is 5.16. The Morgan fingerprint density at radius 1 is 1.25 bits per heavy atom. The average Bonchev–Trinajstić information content (AvgIpc) is 2.04. The van der Waals surface area contributed by atoms with E-state index in [4.69, 9.17) is 11.6 Å². The SMILES string of the molecule is CC(=O)c1nccnc1C(=O)Cl. The zero-order chi connectivity index (χ0) is 9.14. The van der Waals surface area contributed by atoms with E-state index in [1.54, 1.807) is 0 Å². The molecular weight excluding hydrogens is 180 g/mol. The van der Waals surface area contributed by atoms with Gasteiger partial charge in [0.15, 0.2) is 11.5 Å². The highest BCUT2D eigenvalue weighted by Crippen LogP contribution is 2.05. The average molecular weight is 185 g/mol. The van der Waals surface area contributed by atoms with Crippen LogP contribution < -0.4 is 0 Å². The van der Waals surface area contributed by atoms with E-state index >= 15 is 0 Å². The fraction of sp³-hybridized carbons (Fsp3) is 0.143. The van der Waals surface area contributed by atoms with E-state index in [0.29, 0.717) is 0 Å². The molecule has 12 heavy (non-hydrogen) atoms. The summed E-state index contributed by atoms with van der Waals surface area (Å²) in [7, 11) is 0. The number of ketones is 1. The minimum absolute atomic E-state index is 0.0116. The lowest BCUT2D eigenvalue weighted by Gasteiger charge is -1.97. The zero-order valence-corrected chi connectivity index (χ0v) is 7.00. The van der Waals surface area contributed by atoms with Crippen molar-refractivity contribution in [1.82, 2.24) is 9.97 Å². The summed E-state index contributed by atoms with van der Waals surface area (Å²) in [5.74, 6) is -0.327. The molecule has 1 heterocycles. The zero-order valence-electron chi connectivity index (χ0n) is 6.24. The van der Waals surface area contributed by atoms with Crippen LogP contribution in [0.5, 0.6) is 0 Å². The Morgan fingerprint density at radius 2 is 1.75 bits per heavy atom. The van der Waals surface area contributed by atoms with Crippen molar-refractivity contribution in [3.8, 4) is 0 Å². The van der Waals surface area contributed by atoms with Gasteiger partial charge in [-0.25, -0.2) is 9.97 Å². The maximum atomic E-state index is 10.9.